The van der Waals surface area contributed by atoms with Crippen LogP contribution < -0.4 is 15.5 Å². The molecule has 2 aromatic carbocycles. The molecule has 6 nitrogen and oxygen atoms in total. The standard InChI is InChI=1S/C23H32N4O2S2/c1-5-27(6-2)31(28,29)20-11-12-22(26-13-7-8-14-26)21(16-20)25-23(30)24-19-10-9-17(3)18(4)15-19/h9-12,15-16H,5-8,13-14H2,1-4H3,(H2,24,25,30). The summed E-state index contributed by atoms with van der Waals surface area (Å²) in [6.45, 7) is 10.6. The van der Waals surface area contributed by atoms with Crippen LogP contribution in [0.25, 0.3) is 0 Å². The maximum Gasteiger partial charge on any atom is 0.243 e. The van der Waals surface area contributed by atoms with Crippen LogP contribution in [0.5, 0.6) is 0 Å². The van der Waals surface area contributed by atoms with Gasteiger partial charge < -0.3 is 15.5 Å². The van der Waals surface area contributed by atoms with E-state index in [4.69, 9.17) is 12.2 Å². The Bertz CT molecular complexity index is 1040. The molecule has 8 heteroatoms. The first-order chi connectivity index (χ1) is 14.8. The quantitative estimate of drug-likeness (QED) is 0.582. The van der Waals surface area contributed by atoms with Crippen LogP contribution >= 0.6 is 12.2 Å². The predicted molar refractivity (Wildman–Crippen MR) is 134 cm³/mol. The van der Waals surface area contributed by atoms with E-state index in [0.717, 1.165) is 37.3 Å². The van der Waals surface area contributed by atoms with E-state index >= 15 is 0 Å². The van der Waals surface area contributed by atoms with E-state index in [1.165, 1.54) is 15.4 Å². The normalized spacial score (nSPS) is 14.2. The third-order valence-electron chi connectivity index (χ3n) is 5.77. The molecule has 2 N–H and O–H groups in total. The van der Waals surface area contributed by atoms with Gasteiger partial charge in [0.2, 0.25) is 10.0 Å². The van der Waals surface area contributed by atoms with Crippen molar-refractivity contribution in [3.63, 3.8) is 0 Å². The van der Waals surface area contributed by atoms with Crippen molar-refractivity contribution in [2.75, 3.05) is 41.7 Å². The number of benzene rings is 2. The summed E-state index contributed by atoms with van der Waals surface area (Å²) in [5.41, 5.74) is 4.97. The van der Waals surface area contributed by atoms with Gasteiger partial charge in [0.1, 0.15) is 0 Å². The topological polar surface area (TPSA) is 64.7 Å². The summed E-state index contributed by atoms with van der Waals surface area (Å²) in [5, 5.41) is 6.91. The van der Waals surface area contributed by atoms with Crippen molar-refractivity contribution in [3.05, 3.63) is 47.5 Å². The zero-order chi connectivity index (χ0) is 22.6. The third-order valence-corrected chi connectivity index (χ3v) is 8.02. The minimum atomic E-state index is -3.56. The van der Waals surface area contributed by atoms with Crippen LogP contribution in [-0.2, 0) is 10.0 Å². The Morgan fingerprint density at radius 1 is 1.00 bits per heavy atom. The SMILES string of the molecule is CCN(CC)S(=O)(=O)c1ccc(N2CCCC2)c(NC(=S)Nc2ccc(C)c(C)c2)c1. The fraction of sp³-hybridized carbons (Fsp3) is 0.435. The molecule has 0 spiro atoms. The number of rotatable bonds is 7. The van der Waals surface area contributed by atoms with Crippen LogP contribution in [0.4, 0.5) is 17.1 Å². The molecule has 0 bridgehead atoms. The summed E-state index contributed by atoms with van der Waals surface area (Å²) in [5.74, 6) is 0. The van der Waals surface area contributed by atoms with E-state index < -0.39 is 10.0 Å². The maximum atomic E-state index is 13.1. The minimum absolute atomic E-state index is 0.274. The van der Waals surface area contributed by atoms with Crippen molar-refractivity contribution in [1.29, 1.82) is 0 Å². The number of nitrogens with zero attached hydrogens (tertiary/aromatic N) is 2. The van der Waals surface area contributed by atoms with Crippen molar-refractivity contribution in [2.45, 2.75) is 45.4 Å². The predicted octanol–water partition coefficient (Wildman–Crippen LogP) is 4.74. The van der Waals surface area contributed by atoms with Gasteiger partial charge in [-0.25, -0.2) is 8.42 Å². The molecular weight excluding hydrogens is 428 g/mol. The lowest BCUT2D eigenvalue weighted by atomic mass is 10.1. The molecule has 0 radical (unpaired) electrons. The number of nitrogens with one attached hydrogen (secondary N) is 2. The molecule has 1 heterocycles. The number of hydrogen-bond donors (Lipinski definition) is 2. The highest BCUT2D eigenvalue weighted by atomic mass is 32.2. The van der Waals surface area contributed by atoms with Crippen LogP contribution in [0.3, 0.4) is 0 Å². The highest BCUT2D eigenvalue weighted by molar-refractivity contribution is 7.89. The largest absolute Gasteiger partial charge is 0.370 e. The Labute approximate surface area is 191 Å². The van der Waals surface area contributed by atoms with Gasteiger partial charge in [-0.3, -0.25) is 0 Å². The fourth-order valence-corrected chi connectivity index (χ4v) is 5.54. The van der Waals surface area contributed by atoms with Gasteiger partial charge in [0.25, 0.3) is 0 Å². The number of hydrogen-bond acceptors (Lipinski definition) is 4. The Balaban J connectivity index is 1.91. The molecule has 168 valence electrons. The Morgan fingerprint density at radius 2 is 1.68 bits per heavy atom. The van der Waals surface area contributed by atoms with Crippen LogP contribution in [0, 0.1) is 13.8 Å². The van der Waals surface area contributed by atoms with Crippen molar-refractivity contribution in [2.24, 2.45) is 0 Å². The molecule has 0 saturated carbocycles. The second-order valence-electron chi connectivity index (χ2n) is 7.84. The van der Waals surface area contributed by atoms with Gasteiger partial charge in [0.15, 0.2) is 5.11 Å². The molecule has 0 unspecified atom stereocenters. The molecule has 0 atom stereocenters. The van der Waals surface area contributed by atoms with Crippen LogP contribution in [0.2, 0.25) is 0 Å². The fourth-order valence-electron chi connectivity index (χ4n) is 3.83. The molecule has 3 rings (SSSR count). The highest BCUT2D eigenvalue weighted by Gasteiger charge is 2.24. The Kier molecular flexibility index (Phi) is 7.56. The van der Waals surface area contributed by atoms with Gasteiger partial charge in [-0.1, -0.05) is 19.9 Å². The molecule has 1 fully saturated rings. The summed E-state index contributed by atoms with van der Waals surface area (Å²) >= 11 is 5.56. The van der Waals surface area contributed by atoms with E-state index in [1.54, 1.807) is 12.1 Å². The summed E-state index contributed by atoms with van der Waals surface area (Å²) < 4.78 is 27.6. The van der Waals surface area contributed by atoms with E-state index in [-0.39, 0.29) is 4.90 Å². The zero-order valence-corrected chi connectivity index (χ0v) is 20.4. The van der Waals surface area contributed by atoms with Crippen LogP contribution in [0.1, 0.15) is 37.8 Å². The van der Waals surface area contributed by atoms with Gasteiger partial charge >= 0.3 is 0 Å². The highest BCUT2D eigenvalue weighted by Crippen LogP contribution is 2.32. The van der Waals surface area contributed by atoms with Crippen LogP contribution in [0.15, 0.2) is 41.3 Å². The van der Waals surface area contributed by atoms with Gasteiger partial charge in [-0.2, -0.15) is 4.31 Å². The van der Waals surface area contributed by atoms with Gasteiger partial charge in [-0.15, -0.1) is 0 Å². The summed E-state index contributed by atoms with van der Waals surface area (Å²) in [6.07, 6.45) is 2.26. The monoisotopic (exact) mass is 460 g/mol. The lowest BCUT2D eigenvalue weighted by molar-refractivity contribution is 0.445. The number of sulfonamides is 1. The second kappa shape index (κ2) is 9.97. The van der Waals surface area contributed by atoms with Crippen molar-refractivity contribution in [3.8, 4) is 0 Å². The smallest absolute Gasteiger partial charge is 0.243 e. The van der Waals surface area contributed by atoms with E-state index in [1.807, 2.05) is 38.1 Å². The third kappa shape index (κ3) is 5.37. The Morgan fingerprint density at radius 3 is 2.29 bits per heavy atom. The van der Waals surface area contributed by atoms with E-state index in [0.29, 0.717) is 23.9 Å². The van der Waals surface area contributed by atoms with Gasteiger partial charge in [0, 0.05) is 31.9 Å². The first-order valence-electron chi connectivity index (χ1n) is 10.8. The van der Waals surface area contributed by atoms with Gasteiger partial charge in [-0.05, 0) is 80.4 Å². The molecule has 2 aromatic rings. The van der Waals surface area contributed by atoms with Crippen molar-refractivity contribution in [1.82, 2.24) is 4.31 Å². The number of anilines is 3. The molecule has 0 aliphatic carbocycles. The van der Waals surface area contributed by atoms with E-state index in [2.05, 4.69) is 29.4 Å². The summed E-state index contributed by atoms with van der Waals surface area (Å²) in [7, 11) is -3.56. The van der Waals surface area contributed by atoms with E-state index in [9.17, 15) is 8.42 Å². The Hall–Kier alpha value is -2.16. The first kappa shape index (κ1) is 23.5. The zero-order valence-electron chi connectivity index (χ0n) is 18.7. The summed E-state index contributed by atoms with van der Waals surface area (Å²) in [6, 6.07) is 11.4. The number of aryl methyl sites for hydroxylation is 2. The molecular formula is C23H32N4O2S2. The molecule has 1 saturated heterocycles. The molecule has 1 aliphatic heterocycles. The van der Waals surface area contributed by atoms with Crippen molar-refractivity contribution >= 4 is 44.4 Å². The average Bonchev–Trinajstić information content (AvgIpc) is 3.26. The number of thiocarbonyl (C=S) groups is 1. The lowest BCUT2D eigenvalue weighted by Crippen LogP contribution is -2.31. The minimum Gasteiger partial charge on any atom is -0.370 e. The second-order valence-corrected chi connectivity index (χ2v) is 10.2. The van der Waals surface area contributed by atoms with Crippen LogP contribution in [-0.4, -0.2) is 44.0 Å². The lowest BCUT2D eigenvalue weighted by Gasteiger charge is -2.24. The van der Waals surface area contributed by atoms with Crippen molar-refractivity contribution < 1.29 is 8.42 Å². The molecule has 0 aromatic heterocycles. The maximum absolute atomic E-state index is 13.1. The van der Waals surface area contributed by atoms with Gasteiger partial charge in [0.05, 0.1) is 16.3 Å². The molecule has 0 amide bonds. The molecule has 31 heavy (non-hydrogen) atoms. The first-order valence-corrected chi connectivity index (χ1v) is 12.7. The summed E-state index contributed by atoms with van der Waals surface area (Å²) in [4.78, 5) is 2.55. The average molecular weight is 461 g/mol. The molecule has 1 aliphatic rings.